The Morgan fingerprint density at radius 3 is 2.72 bits per heavy atom. The van der Waals surface area contributed by atoms with Gasteiger partial charge in [0.05, 0.1) is 26.9 Å². The molecule has 0 aliphatic heterocycles. The van der Waals surface area contributed by atoms with E-state index in [1.165, 1.54) is 0 Å². The van der Waals surface area contributed by atoms with Gasteiger partial charge in [0, 0.05) is 12.4 Å². The molecule has 90 valence electrons. The van der Waals surface area contributed by atoms with E-state index in [1.807, 2.05) is 6.07 Å². The standard InChI is InChI=1S/C10H5BrClN5S/c11-5-3-13-10(14-4-5)15-8-6(12)1-2-7-9(8)17-18-16-7/h1-4H,(H,13,14,15). The molecule has 0 aliphatic carbocycles. The molecule has 0 saturated heterocycles. The lowest BCUT2D eigenvalue weighted by Crippen LogP contribution is -1.97. The van der Waals surface area contributed by atoms with Crippen molar-refractivity contribution >= 4 is 61.9 Å². The number of halogens is 2. The smallest absolute Gasteiger partial charge is 0.227 e. The second-order valence-corrected chi connectivity index (χ2v) is 5.26. The van der Waals surface area contributed by atoms with Crippen LogP contribution in [0.5, 0.6) is 0 Å². The van der Waals surface area contributed by atoms with E-state index in [0.717, 1.165) is 27.2 Å². The van der Waals surface area contributed by atoms with E-state index in [0.29, 0.717) is 16.7 Å². The molecule has 3 aromatic rings. The Hall–Kier alpha value is -1.31. The molecule has 3 rings (SSSR count). The maximum atomic E-state index is 6.15. The highest BCUT2D eigenvalue weighted by atomic mass is 79.9. The zero-order valence-electron chi connectivity index (χ0n) is 8.76. The number of rotatable bonds is 2. The number of hydrogen-bond donors (Lipinski definition) is 1. The van der Waals surface area contributed by atoms with Gasteiger partial charge in [0.15, 0.2) is 0 Å². The highest BCUT2D eigenvalue weighted by molar-refractivity contribution is 9.10. The molecule has 2 aromatic heterocycles. The quantitative estimate of drug-likeness (QED) is 0.770. The molecule has 0 saturated carbocycles. The van der Waals surface area contributed by atoms with Crippen LogP contribution in [0.1, 0.15) is 0 Å². The van der Waals surface area contributed by atoms with E-state index >= 15 is 0 Å². The zero-order valence-corrected chi connectivity index (χ0v) is 11.9. The fourth-order valence-corrected chi connectivity index (χ4v) is 2.38. The summed E-state index contributed by atoms with van der Waals surface area (Å²) in [5.41, 5.74) is 2.19. The van der Waals surface area contributed by atoms with Gasteiger partial charge in [-0.25, -0.2) is 9.97 Å². The van der Waals surface area contributed by atoms with Crippen LogP contribution in [0.15, 0.2) is 29.0 Å². The Balaban J connectivity index is 2.06. The third-order valence-corrected chi connectivity index (χ3v) is 3.50. The Bertz CT molecular complexity index is 699. The molecule has 1 N–H and O–H groups in total. The van der Waals surface area contributed by atoms with Crippen LogP contribution in [0.25, 0.3) is 11.0 Å². The van der Waals surface area contributed by atoms with Crippen LogP contribution in [0.4, 0.5) is 11.6 Å². The van der Waals surface area contributed by atoms with E-state index in [2.05, 4.69) is 40.0 Å². The molecule has 0 atom stereocenters. The Morgan fingerprint density at radius 1 is 1.17 bits per heavy atom. The molecular formula is C10H5BrClN5S. The molecule has 0 amide bonds. The molecule has 0 radical (unpaired) electrons. The van der Waals surface area contributed by atoms with E-state index in [4.69, 9.17) is 11.6 Å². The van der Waals surface area contributed by atoms with Gasteiger partial charge in [0.25, 0.3) is 0 Å². The third-order valence-electron chi connectivity index (χ3n) is 2.23. The van der Waals surface area contributed by atoms with E-state index in [9.17, 15) is 0 Å². The first-order chi connectivity index (χ1) is 8.74. The van der Waals surface area contributed by atoms with Gasteiger partial charge in [-0.15, -0.1) is 0 Å². The van der Waals surface area contributed by atoms with Gasteiger partial charge in [-0.1, -0.05) is 11.6 Å². The largest absolute Gasteiger partial charge is 0.321 e. The predicted molar refractivity (Wildman–Crippen MR) is 75.4 cm³/mol. The van der Waals surface area contributed by atoms with Crippen molar-refractivity contribution in [2.45, 2.75) is 0 Å². The van der Waals surface area contributed by atoms with Crippen LogP contribution in [0.3, 0.4) is 0 Å². The summed E-state index contributed by atoms with van der Waals surface area (Å²) >= 11 is 10.6. The fourth-order valence-electron chi connectivity index (χ4n) is 1.43. The molecule has 1 aromatic carbocycles. The van der Waals surface area contributed by atoms with Crippen molar-refractivity contribution in [1.82, 2.24) is 18.7 Å². The molecule has 0 spiro atoms. The molecule has 8 heteroatoms. The summed E-state index contributed by atoms with van der Waals surface area (Å²) in [6, 6.07) is 3.60. The lowest BCUT2D eigenvalue weighted by molar-refractivity contribution is 1.15. The average Bonchev–Trinajstić information content (AvgIpc) is 2.84. The van der Waals surface area contributed by atoms with Crippen molar-refractivity contribution in [1.29, 1.82) is 0 Å². The summed E-state index contributed by atoms with van der Waals surface area (Å²) in [7, 11) is 0. The van der Waals surface area contributed by atoms with Crippen molar-refractivity contribution in [2.24, 2.45) is 0 Å². The maximum Gasteiger partial charge on any atom is 0.227 e. The number of benzene rings is 1. The summed E-state index contributed by atoms with van der Waals surface area (Å²) in [5.74, 6) is 0.459. The normalized spacial score (nSPS) is 10.8. The summed E-state index contributed by atoms with van der Waals surface area (Å²) < 4.78 is 9.18. The SMILES string of the molecule is Clc1ccc2nsnc2c1Nc1ncc(Br)cn1. The van der Waals surface area contributed by atoms with Crippen molar-refractivity contribution in [3.8, 4) is 0 Å². The predicted octanol–water partition coefficient (Wildman–Crippen LogP) is 3.64. The molecular weight excluding hydrogens is 338 g/mol. The summed E-state index contributed by atoms with van der Waals surface area (Å²) in [6.07, 6.45) is 3.31. The second kappa shape index (κ2) is 4.75. The zero-order chi connectivity index (χ0) is 12.5. The summed E-state index contributed by atoms with van der Waals surface area (Å²) in [6.45, 7) is 0. The highest BCUT2D eigenvalue weighted by Crippen LogP contribution is 2.31. The molecule has 0 unspecified atom stereocenters. The molecule has 2 heterocycles. The first kappa shape index (κ1) is 11.8. The molecule has 18 heavy (non-hydrogen) atoms. The number of nitrogens with one attached hydrogen (secondary N) is 1. The van der Waals surface area contributed by atoms with Crippen LogP contribution < -0.4 is 5.32 Å². The van der Waals surface area contributed by atoms with Gasteiger partial charge >= 0.3 is 0 Å². The first-order valence-corrected chi connectivity index (χ1v) is 6.79. The Morgan fingerprint density at radius 2 is 1.94 bits per heavy atom. The van der Waals surface area contributed by atoms with Gasteiger partial charge in [-0.2, -0.15) is 8.75 Å². The van der Waals surface area contributed by atoms with E-state index in [-0.39, 0.29) is 0 Å². The van der Waals surface area contributed by atoms with E-state index in [1.54, 1.807) is 18.5 Å². The summed E-state index contributed by atoms with van der Waals surface area (Å²) in [5, 5.41) is 3.61. The first-order valence-electron chi connectivity index (χ1n) is 4.89. The van der Waals surface area contributed by atoms with Crippen molar-refractivity contribution in [3.63, 3.8) is 0 Å². The minimum absolute atomic E-state index is 0.459. The average molecular weight is 343 g/mol. The van der Waals surface area contributed by atoms with Crippen LogP contribution >= 0.6 is 39.3 Å². The molecule has 5 nitrogen and oxygen atoms in total. The topological polar surface area (TPSA) is 63.6 Å². The van der Waals surface area contributed by atoms with E-state index < -0.39 is 0 Å². The minimum Gasteiger partial charge on any atom is -0.321 e. The molecule has 0 aliphatic rings. The van der Waals surface area contributed by atoms with Crippen molar-refractivity contribution in [3.05, 3.63) is 34.0 Å². The van der Waals surface area contributed by atoms with Crippen LogP contribution in [-0.2, 0) is 0 Å². The lowest BCUT2D eigenvalue weighted by Gasteiger charge is -2.06. The van der Waals surface area contributed by atoms with Gasteiger partial charge in [-0.05, 0) is 28.1 Å². The Kier molecular flexibility index (Phi) is 3.11. The maximum absolute atomic E-state index is 6.15. The second-order valence-electron chi connectivity index (χ2n) is 3.40. The lowest BCUT2D eigenvalue weighted by atomic mass is 10.2. The summed E-state index contributed by atoms with van der Waals surface area (Å²) in [4.78, 5) is 8.27. The van der Waals surface area contributed by atoms with Gasteiger partial charge in [0.1, 0.15) is 11.0 Å². The van der Waals surface area contributed by atoms with Gasteiger partial charge < -0.3 is 5.32 Å². The van der Waals surface area contributed by atoms with Crippen molar-refractivity contribution in [2.75, 3.05) is 5.32 Å². The van der Waals surface area contributed by atoms with Crippen molar-refractivity contribution < 1.29 is 0 Å². The number of aromatic nitrogens is 4. The van der Waals surface area contributed by atoms with Crippen LogP contribution in [0.2, 0.25) is 5.02 Å². The number of anilines is 2. The highest BCUT2D eigenvalue weighted by Gasteiger charge is 2.11. The van der Waals surface area contributed by atoms with Gasteiger partial charge in [0.2, 0.25) is 5.95 Å². The van der Waals surface area contributed by atoms with Crippen LogP contribution in [-0.4, -0.2) is 18.7 Å². The molecule has 0 bridgehead atoms. The molecule has 0 fully saturated rings. The monoisotopic (exact) mass is 341 g/mol. The van der Waals surface area contributed by atoms with Gasteiger partial charge in [-0.3, -0.25) is 0 Å². The van der Waals surface area contributed by atoms with Crippen LogP contribution in [0, 0.1) is 0 Å². The number of fused-ring (bicyclic) bond motifs is 1. The Labute approximate surface area is 120 Å². The number of nitrogens with zero attached hydrogens (tertiary/aromatic N) is 4. The fraction of sp³-hybridized carbons (Fsp3) is 0. The third kappa shape index (κ3) is 2.16. The minimum atomic E-state index is 0.459. The number of hydrogen-bond acceptors (Lipinski definition) is 6.